The minimum atomic E-state index is -1.32. The van der Waals surface area contributed by atoms with E-state index in [4.69, 9.17) is 9.47 Å². The number of esters is 1. The zero-order chi connectivity index (χ0) is 27.0. The topological polar surface area (TPSA) is 96.4 Å². The quantitative estimate of drug-likeness (QED) is 0.393. The van der Waals surface area contributed by atoms with Crippen LogP contribution in [0.2, 0.25) is 0 Å². The lowest BCUT2D eigenvalue weighted by atomic mass is 9.73. The van der Waals surface area contributed by atoms with Crippen LogP contribution in [-0.2, 0) is 23.9 Å². The Morgan fingerprint density at radius 3 is 2.49 bits per heavy atom. The zero-order valence-electron chi connectivity index (χ0n) is 23.0. The summed E-state index contributed by atoms with van der Waals surface area (Å²) in [7, 11) is 0. The second-order valence-electron chi connectivity index (χ2n) is 11.6. The molecule has 8 heteroatoms. The van der Waals surface area contributed by atoms with Gasteiger partial charge in [-0.25, -0.2) is 0 Å². The van der Waals surface area contributed by atoms with Crippen LogP contribution in [0.4, 0.5) is 0 Å². The number of aliphatic hydroxyl groups excluding tert-OH is 1. The molecular formula is C29H44N2O6. The number of fused-ring (bicyclic) bond motifs is 2. The number of carbonyl (C=O) groups excluding carboxylic acids is 3. The van der Waals surface area contributed by atoms with E-state index < -0.39 is 41.1 Å². The average molecular weight is 517 g/mol. The third-order valence-corrected chi connectivity index (χ3v) is 8.69. The van der Waals surface area contributed by atoms with Crippen molar-refractivity contribution in [2.45, 2.75) is 102 Å². The van der Waals surface area contributed by atoms with Crippen molar-refractivity contribution in [2.24, 2.45) is 17.8 Å². The highest BCUT2D eigenvalue weighted by Crippen LogP contribution is 2.58. The van der Waals surface area contributed by atoms with Crippen LogP contribution in [0.5, 0.6) is 0 Å². The van der Waals surface area contributed by atoms with E-state index >= 15 is 0 Å². The van der Waals surface area contributed by atoms with Gasteiger partial charge in [-0.2, -0.15) is 0 Å². The summed E-state index contributed by atoms with van der Waals surface area (Å²) in [5.74, 6) is -2.52. The first-order chi connectivity index (χ1) is 17.7. The number of ether oxygens (including phenoxy) is 2. The molecule has 37 heavy (non-hydrogen) atoms. The fourth-order valence-electron chi connectivity index (χ4n) is 7.02. The molecule has 1 N–H and O–H groups in total. The second-order valence-corrected chi connectivity index (χ2v) is 11.6. The van der Waals surface area contributed by atoms with Crippen molar-refractivity contribution in [3.8, 4) is 0 Å². The molecule has 4 rings (SSSR count). The molecule has 0 aromatic heterocycles. The Morgan fingerprint density at radius 2 is 1.84 bits per heavy atom. The lowest BCUT2D eigenvalue weighted by Gasteiger charge is -2.42. The van der Waals surface area contributed by atoms with Gasteiger partial charge in [0.15, 0.2) is 0 Å². The largest absolute Gasteiger partial charge is 0.465 e. The maximum absolute atomic E-state index is 14.4. The summed E-state index contributed by atoms with van der Waals surface area (Å²) in [6.45, 7) is 10.6. The molecule has 0 bridgehead atoms. The van der Waals surface area contributed by atoms with E-state index in [0.717, 1.165) is 19.3 Å². The summed E-state index contributed by atoms with van der Waals surface area (Å²) < 4.78 is 12.6. The summed E-state index contributed by atoms with van der Waals surface area (Å²) in [5, 5.41) is 10.4. The van der Waals surface area contributed by atoms with E-state index in [0.29, 0.717) is 25.8 Å². The van der Waals surface area contributed by atoms with Crippen molar-refractivity contribution in [1.29, 1.82) is 0 Å². The van der Waals surface area contributed by atoms with Gasteiger partial charge >= 0.3 is 5.97 Å². The van der Waals surface area contributed by atoms with Crippen molar-refractivity contribution in [1.82, 2.24) is 9.80 Å². The summed E-state index contributed by atoms with van der Waals surface area (Å²) in [5.41, 5.74) is -2.36. The summed E-state index contributed by atoms with van der Waals surface area (Å²) in [6, 6.07) is -1.53. The summed E-state index contributed by atoms with van der Waals surface area (Å²) >= 11 is 0. The van der Waals surface area contributed by atoms with Gasteiger partial charge in [0.1, 0.15) is 23.2 Å². The molecular weight excluding hydrogens is 472 g/mol. The van der Waals surface area contributed by atoms with E-state index in [9.17, 15) is 19.5 Å². The van der Waals surface area contributed by atoms with E-state index in [1.165, 1.54) is 0 Å². The second kappa shape index (κ2) is 10.9. The Labute approximate surface area is 221 Å². The lowest BCUT2D eigenvalue weighted by Crippen LogP contribution is -2.60. The molecule has 2 unspecified atom stereocenters. The number of allylic oxidation sites excluding steroid dienone is 1. The number of aliphatic hydroxyl groups is 1. The molecule has 2 fully saturated rings. The third kappa shape index (κ3) is 4.54. The molecule has 0 aromatic rings. The van der Waals surface area contributed by atoms with Gasteiger partial charge in [0.25, 0.3) is 0 Å². The number of carbonyl (C=O) groups is 3. The first-order valence-electron chi connectivity index (χ1n) is 14.1. The van der Waals surface area contributed by atoms with Crippen LogP contribution in [0.15, 0.2) is 24.3 Å². The first kappa shape index (κ1) is 27.8. The van der Waals surface area contributed by atoms with Crippen molar-refractivity contribution in [3.63, 3.8) is 0 Å². The summed E-state index contributed by atoms with van der Waals surface area (Å²) in [4.78, 5) is 45.8. The van der Waals surface area contributed by atoms with Gasteiger partial charge in [-0.3, -0.25) is 14.4 Å². The Kier molecular flexibility index (Phi) is 8.19. The highest BCUT2D eigenvalue weighted by Gasteiger charge is 2.76. The standard InChI is InChI=1S/C29H44N2O6/c1-6-12-20(5)30-15-11-14-29-22(23-27(35)36-16-10-8-9-13-28(23,7-2)37-29)25(33)31(24(29)26(30)34)21(18-32)17-19(3)4/h9,11,13-14,19-24,32H,6-8,10,12,15-18H2,1-5H3/b13-9-/t20?,21-,22+,23-,24?,28+,29+/m1/s1. The van der Waals surface area contributed by atoms with Crippen LogP contribution in [0.25, 0.3) is 0 Å². The van der Waals surface area contributed by atoms with Crippen molar-refractivity contribution in [2.75, 3.05) is 19.8 Å². The Hall–Kier alpha value is -2.19. The molecule has 4 aliphatic rings. The molecule has 7 atom stereocenters. The maximum atomic E-state index is 14.4. The lowest BCUT2D eigenvalue weighted by molar-refractivity contribution is -0.163. The number of cyclic esters (lactones) is 1. The molecule has 8 nitrogen and oxygen atoms in total. The van der Waals surface area contributed by atoms with Gasteiger partial charge in [-0.05, 0) is 44.9 Å². The molecule has 0 radical (unpaired) electrons. The zero-order valence-corrected chi connectivity index (χ0v) is 23.0. The molecule has 4 aliphatic heterocycles. The molecule has 0 aromatic carbocycles. The number of hydrogen-bond acceptors (Lipinski definition) is 6. The molecule has 0 saturated carbocycles. The number of hydrogen-bond donors (Lipinski definition) is 1. The number of amides is 2. The first-order valence-corrected chi connectivity index (χ1v) is 14.1. The fourth-order valence-corrected chi connectivity index (χ4v) is 7.02. The minimum absolute atomic E-state index is 0.0189. The van der Waals surface area contributed by atoms with Crippen LogP contribution in [0.1, 0.15) is 73.1 Å². The monoisotopic (exact) mass is 516 g/mol. The van der Waals surface area contributed by atoms with Gasteiger partial charge in [0.05, 0.1) is 25.2 Å². The van der Waals surface area contributed by atoms with Gasteiger partial charge in [0, 0.05) is 12.6 Å². The molecule has 0 aliphatic carbocycles. The van der Waals surface area contributed by atoms with Crippen molar-refractivity contribution >= 4 is 17.8 Å². The number of likely N-dealkylation sites (tertiary alicyclic amines) is 1. The van der Waals surface area contributed by atoms with Crippen LogP contribution in [-0.4, -0.2) is 81.8 Å². The van der Waals surface area contributed by atoms with Gasteiger partial charge in [-0.1, -0.05) is 58.4 Å². The Balaban J connectivity index is 1.90. The van der Waals surface area contributed by atoms with E-state index in [-0.39, 0.29) is 37.0 Å². The van der Waals surface area contributed by atoms with E-state index in [1.54, 1.807) is 4.90 Å². The summed E-state index contributed by atoms with van der Waals surface area (Å²) in [6.07, 6.45) is 12.0. The van der Waals surface area contributed by atoms with E-state index in [2.05, 4.69) is 6.92 Å². The fraction of sp³-hybridized carbons (Fsp3) is 0.759. The Morgan fingerprint density at radius 1 is 1.08 bits per heavy atom. The predicted octanol–water partition coefficient (Wildman–Crippen LogP) is 3.23. The highest BCUT2D eigenvalue weighted by atomic mass is 16.6. The SMILES string of the molecule is CCCC(C)N1CC=C[C@]23O[C@@]4(CC)/C=C\CCCOC(=O)[C@H]4[C@H]2C(=O)N([C@@H](CO)CC(C)C)C3C1=O. The maximum Gasteiger partial charge on any atom is 0.313 e. The molecule has 2 amide bonds. The smallest absolute Gasteiger partial charge is 0.313 e. The predicted molar refractivity (Wildman–Crippen MR) is 139 cm³/mol. The van der Waals surface area contributed by atoms with E-state index in [1.807, 2.05) is 56.9 Å². The number of nitrogens with zero attached hydrogens (tertiary/aromatic N) is 2. The molecule has 4 heterocycles. The Bertz CT molecular complexity index is 947. The molecule has 2 saturated heterocycles. The minimum Gasteiger partial charge on any atom is -0.465 e. The van der Waals surface area contributed by atoms with Crippen LogP contribution >= 0.6 is 0 Å². The van der Waals surface area contributed by atoms with Crippen LogP contribution in [0.3, 0.4) is 0 Å². The molecule has 206 valence electrons. The van der Waals surface area contributed by atoms with Gasteiger partial charge in [0.2, 0.25) is 11.8 Å². The van der Waals surface area contributed by atoms with Gasteiger partial charge in [-0.15, -0.1) is 0 Å². The normalized spacial score (nSPS) is 36.2. The highest BCUT2D eigenvalue weighted by molar-refractivity contribution is 5.99. The third-order valence-electron chi connectivity index (χ3n) is 8.69. The van der Waals surface area contributed by atoms with Crippen LogP contribution < -0.4 is 0 Å². The average Bonchev–Trinajstić information content (AvgIpc) is 3.24. The number of rotatable bonds is 8. The van der Waals surface area contributed by atoms with Gasteiger partial charge < -0.3 is 24.4 Å². The molecule has 1 spiro atoms. The van der Waals surface area contributed by atoms with Crippen LogP contribution in [0, 0.1) is 17.8 Å². The van der Waals surface area contributed by atoms with Crippen molar-refractivity contribution in [3.05, 3.63) is 24.3 Å². The van der Waals surface area contributed by atoms with Crippen molar-refractivity contribution < 1.29 is 29.0 Å².